The quantitative estimate of drug-likeness (QED) is 0.892. The van der Waals surface area contributed by atoms with E-state index in [9.17, 15) is 4.79 Å². The summed E-state index contributed by atoms with van der Waals surface area (Å²) in [6.45, 7) is 2.95. The number of nitrogens with zero attached hydrogens (tertiary/aromatic N) is 1. The van der Waals surface area contributed by atoms with E-state index in [1.54, 1.807) is 0 Å². The van der Waals surface area contributed by atoms with Crippen molar-refractivity contribution >= 4 is 27.0 Å². The molecule has 18 heavy (non-hydrogen) atoms. The van der Waals surface area contributed by atoms with Crippen molar-refractivity contribution in [3.05, 3.63) is 33.2 Å². The van der Waals surface area contributed by atoms with Gasteiger partial charge in [-0.25, -0.2) is 4.79 Å². The third-order valence-electron chi connectivity index (χ3n) is 3.64. The first kappa shape index (κ1) is 12.0. The highest BCUT2D eigenvalue weighted by Crippen LogP contribution is 2.20. The number of benzene rings is 1. The zero-order chi connectivity index (χ0) is 12.5. The highest BCUT2D eigenvalue weighted by Gasteiger charge is 2.16. The second-order valence-electron chi connectivity index (χ2n) is 4.90. The molecule has 0 saturated carbocycles. The molecule has 1 aliphatic rings. The molecule has 0 spiro atoms. The van der Waals surface area contributed by atoms with Crippen LogP contribution in [0, 0.1) is 5.92 Å². The Hall–Kier alpha value is -1.07. The summed E-state index contributed by atoms with van der Waals surface area (Å²) >= 11 is 3.43. The number of hydrogen-bond acceptors (Lipinski definition) is 2. The molecule has 1 aromatic heterocycles. The molecule has 0 aliphatic carbocycles. The van der Waals surface area contributed by atoms with Crippen LogP contribution in [0.15, 0.2) is 27.5 Å². The number of nitrogens with one attached hydrogen (secondary N) is 2. The third-order valence-corrected chi connectivity index (χ3v) is 4.13. The summed E-state index contributed by atoms with van der Waals surface area (Å²) in [4.78, 5) is 14.9. The van der Waals surface area contributed by atoms with Gasteiger partial charge in [-0.3, -0.25) is 4.57 Å². The number of halogens is 1. The van der Waals surface area contributed by atoms with Gasteiger partial charge in [-0.1, -0.05) is 15.9 Å². The predicted octanol–water partition coefficient (Wildman–Crippen LogP) is 2.09. The maximum absolute atomic E-state index is 12.0. The molecule has 0 radical (unpaired) electrons. The Balaban J connectivity index is 1.95. The van der Waals surface area contributed by atoms with Crippen LogP contribution in [0.25, 0.3) is 11.0 Å². The molecule has 4 nitrogen and oxygen atoms in total. The van der Waals surface area contributed by atoms with Crippen LogP contribution in [0.5, 0.6) is 0 Å². The van der Waals surface area contributed by atoms with Crippen molar-refractivity contribution in [2.24, 2.45) is 5.92 Å². The van der Waals surface area contributed by atoms with E-state index < -0.39 is 0 Å². The largest absolute Gasteiger partial charge is 0.326 e. The molecular formula is C13H16BrN3O. The minimum atomic E-state index is 0.00151. The van der Waals surface area contributed by atoms with Crippen molar-refractivity contribution in [2.75, 3.05) is 13.1 Å². The SMILES string of the molecule is O=c1[nH]c2cc(Br)ccc2n1CC1CCNCC1. The van der Waals surface area contributed by atoms with Gasteiger partial charge in [0.2, 0.25) is 0 Å². The summed E-state index contributed by atoms with van der Waals surface area (Å²) in [7, 11) is 0. The number of aromatic amines is 1. The molecule has 1 fully saturated rings. The third kappa shape index (κ3) is 2.24. The maximum Gasteiger partial charge on any atom is 0.326 e. The number of imidazole rings is 1. The minimum absolute atomic E-state index is 0.00151. The Labute approximate surface area is 114 Å². The van der Waals surface area contributed by atoms with Crippen molar-refractivity contribution in [2.45, 2.75) is 19.4 Å². The summed E-state index contributed by atoms with van der Waals surface area (Å²) in [6, 6.07) is 5.93. The number of H-pyrrole nitrogens is 1. The second kappa shape index (κ2) is 4.90. The first-order valence-corrected chi connectivity index (χ1v) is 7.12. The standard InChI is InChI=1S/C13H16BrN3O/c14-10-1-2-12-11(7-10)16-13(18)17(12)8-9-3-5-15-6-4-9/h1-2,7,9,15H,3-6,8H2,(H,16,18). The normalized spacial score (nSPS) is 17.4. The monoisotopic (exact) mass is 309 g/mol. The molecule has 1 aliphatic heterocycles. The lowest BCUT2D eigenvalue weighted by Crippen LogP contribution is -2.31. The van der Waals surface area contributed by atoms with Crippen molar-refractivity contribution in [3.8, 4) is 0 Å². The number of hydrogen-bond donors (Lipinski definition) is 2. The fraction of sp³-hybridized carbons (Fsp3) is 0.462. The molecule has 1 saturated heterocycles. The van der Waals surface area contributed by atoms with E-state index in [-0.39, 0.29) is 5.69 Å². The van der Waals surface area contributed by atoms with Gasteiger partial charge in [0, 0.05) is 11.0 Å². The molecule has 0 amide bonds. The van der Waals surface area contributed by atoms with Gasteiger partial charge in [0.25, 0.3) is 0 Å². The molecule has 3 rings (SSSR count). The van der Waals surface area contributed by atoms with Crippen LogP contribution in [0.2, 0.25) is 0 Å². The van der Waals surface area contributed by atoms with Gasteiger partial charge in [-0.05, 0) is 50.0 Å². The zero-order valence-corrected chi connectivity index (χ0v) is 11.7. The molecule has 0 unspecified atom stereocenters. The first-order valence-electron chi connectivity index (χ1n) is 6.33. The molecule has 5 heteroatoms. The average Bonchev–Trinajstić information content (AvgIpc) is 2.66. The number of aromatic nitrogens is 2. The number of fused-ring (bicyclic) bond motifs is 1. The molecule has 2 aromatic rings. The molecule has 0 atom stereocenters. The lowest BCUT2D eigenvalue weighted by molar-refractivity contribution is 0.333. The molecule has 1 aromatic carbocycles. The van der Waals surface area contributed by atoms with Crippen LogP contribution in [0.1, 0.15) is 12.8 Å². The molecule has 0 bridgehead atoms. The topological polar surface area (TPSA) is 49.8 Å². The van der Waals surface area contributed by atoms with Gasteiger partial charge < -0.3 is 10.3 Å². The second-order valence-corrected chi connectivity index (χ2v) is 5.81. The van der Waals surface area contributed by atoms with E-state index in [1.807, 2.05) is 22.8 Å². The fourth-order valence-corrected chi connectivity index (χ4v) is 3.00. The Kier molecular flexibility index (Phi) is 3.26. The molecular weight excluding hydrogens is 294 g/mol. The van der Waals surface area contributed by atoms with E-state index in [2.05, 4.69) is 26.2 Å². The summed E-state index contributed by atoms with van der Waals surface area (Å²) in [5.41, 5.74) is 1.91. The van der Waals surface area contributed by atoms with Crippen LogP contribution in [-0.4, -0.2) is 22.6 Å². The van der Waals surface area contributed by atoms with Crippen LogP contribution in [0.3, 0.4) is 0 Å². The predicted molar refractivity (Wildman–Crippen MR) is 75.9 cm³/mol. The lowest BCUT2D eigenvalue weighted by Gasteiger charge is -2.22. The number of rotatable bonds is 2. The molecule has 2 N–H and O–H groups in total. The summed E-state index contributed by atoms with van der Waals surface area (Å²) in [5, 5.41) is 3.35. The molecule has 96 valence electrons. The van der Waals surface area contributed by atoms with E-state index in [0.717, 1.165) is 48.0 Å². The smallest absolute Gasteiger partial charge is 0.317 e. The Bertz CT molecular complexity index is 610. The van der Waals surface area contributed by atoms with E-state index in [1.165, 1.54) is 0 Å². The van der Waals surface area contributed by atoms with Crippen molar-refractivity contribution < 1.29 is 0 Å². The van der Waals surface area contributed by atoms with Gasteiger partial charge in [-0.15, -0.1) is 0 Å². The minimum Gasteiger partial charge on any atom is -0.317 e. The fourth-order valence-electron chi connectivity index (χ4n) is 2.64. The Morgan fingerprint density at radius 1 is 1.33 bits per heavy atom. The van der Waals surface area contributed by atoms with Crippen molar-refractivity contribution in [3.63, 3.8) is 0 Å². The van der Waals surface area contributed by atoms with Crippen LogP contribution in [-0.2, 0) is 6.54 Å². The molecule has 2 heterocycles. The van der Waals surface area contributed by atoms with E-state index in [0.29, 0.717) is 5.92 Å². The first-order chi connectivity index (χ1) is 8.74. The van der Waals surface area contributed by atoms with E-state index >= 15 is 0 Å². The van der Waals surface area contributed by atoms with Crippen molar-refractivity contribution in [1.82, 2.24) is 14.9 Å². The van der Waals surface area contributed by atoms with Gasteiger partial charge in [0.05, 0.1) is 11.0 Å². The average molecular weight is 310 g/mol. The van der Waals surface area contributed by atoms with Crippen molar-refractivity contribution in [1.29, 1.82) is 0 Å². The Morgan fingerprint density at radius 3 is 2.89 bits per heavy atom. The van der Waals surface area contributed by atoms with Gasteiger partial charge in [-0.2, -0.15) is 0 Å². The maximum atomic E-state index is 12.0. The number of piperidine rings is 1. The van der Waals surface area contributed by atoms with Crippen LogP contribution in [0.4, 0.5) is 0 Å². The van der Waals surface area contributed by atoms with Gasteiger partial charge in [0.1, 0.15) is 0 Å². The van der Waals surface area contributed by atoms with Gasteiger partial charge >= 0.3 is 5.69 Å². The Morgan fingerprint density at radius 2 is 2.11 bits per heavy atom. The van der Waals surface area contributed by atoms with Crippen LogP contribution >= 0.6 is 15.9 Å². The van der Waals surface area contributed by atoms with E-state index in [4.69, 9.17) is 0 Å². The van der Waals surface area contributed by atoms with Gasteiger partial charge in [0.15, 0.2) is 0 Å². The zero-order valence-electron chi connectivity index (χ0n) is 10.1. The summed E-state index contributed by atoms with van der Waals surface area (Å²) < 4.78 is 2.86. The highest BCUT2D eigenvalue weighted by atomic mass is 79.9. The highest BCUT2D eigenvalue weighted by molar-refractivity contribution is 9.10. The lowest BCUT2D eigenvalue weighted by atomic mass is 9.98. The van der Waals surface area contributed by atoms with Crippen LogP contribution < -0.4 is 11.0 Å². The summed E-state index contributed by atoms with van der Waals surface area (Å²) in [5.74, 6) is 0.603. The summed E-state index contributed by atoms with van der Waals surface area (Å²) in [6.07, 6.45) is 2.30.